The van der Waals surface area contributed by atoms with E-state index in [-0.39, 0.29) is 12.2 Å². The fourth-order valence-electron chi connectivity index (χ4n) is 0.494. The van der Waals surface area contributed by atoms with Gasteiger partial charge in [-0.1, -0.05) is 12.7 Å². The van der Waals surface area contributed by atoms with Gasteiger partial charge in [0.2, 0.25) is 0 Å². The quantitative estimate of drug-likeness (QED) is 0.375. The Bertz CT molecular complexity index is 172. The lowest BCUT2D eigenvalue weighted by Gasteiger charge is -2.06. The molecule has 1 atom stereocenters. The molecule has 0 aromatic rings. The zero-order valence-corrected chi connectivity index (χ0v) is 6.54. The summed E-state index contributed by atoms with van der Waals surface area (Å²) in [7, 11) is 0. The van der Waals surface area contributed by atoms with E-state index < -0.39 is 12.1 Å². The minimum absolute atomic E-state index is 0.201. The minimum Gasteiger partial charge on any atom is -0.430 e. The van der Waals surface area contributed by atoms with Crippen LogP contribution >= 0.6 is 0 Å². The van der Waals surface area contributed by atoms with Crippen molar-refractivity contribution in [3.63, 3.8) is 0 Å². The first-order valence-corrected chi connectivity index (χ1v) is 3.24. The molecular weight excluding hydrogens is 144 g/mol. The summed E-state index contributed by atoms with van der Waals surface area (Å²) in [4.78, 5) is 10.8. The maximum absolute atomic E-state index is 10.8. The first-order chi connectivity index (χ1) is 5.07. The molecule has 0 aromatic carbocycles. The van der Waals surface area contributed by atoms with Crippen LogP contribution in [-0.4, -0.2) is 17.2 Å². The molecule has 11 heavy (non-hydrogen) atoms. The molecule has 0 aliphatic rings. The van der Waals surface area contributed by atoms with Crippen LogP contribution < -0.4 is 0 Å². The van der Waals surface area contributed by atoms with Crippen LogP contribution in [0.4, 0.5) is 0 Å². The molecular formula is C8H12O3. The smallest absolute Gasteiger partial charge is 0.340 e. The van der Waals surface area contributed by atoms with Crippen LogP contribution in [0, 0.1) is 0 Å². The van der Waals surface area contributed by atoms with E-state index in [0.29, 0.717) is 0 Å². The van der Waals surface area contributed by atoms with Crippen LogP contribution in [-0.2, 0) is 9.53 Å². The molecule has 3 nitrogen and oxygen atoms in total. The van der Waals surface area contributed by atoms with Gasteiger partial charge in [0, 0.05) is 6.42 Å². The van der Waals surface area contributed by atoms with Gasteiger partial charge in [-0.15, -0.1) is 6.58 Å². The number of esters is 1. The van der Waals surface area contributed by atoms with Gasteiger partial charge in [0.15, 0.2) is 6.10 Å². The van der Waals surface area contributed by atoms with Crippen molar-refractivity contribution in [3.8, 4) is 0 Å². The minimum atomic E-state index is -1.12. The van der Waals surface area contributed by atoms with Crippen molar-refractivity contribution in [1.29, 1.82) is 0 Å². The Morgan fingerprint density at radius 2 is 2.36 bits per heavy atom. The fraction of sp³-hybridized carbons (Fsp3) is 0.375. The molecule has 0 fully saturated rings. The van der Waals surface area contributed by atoms with E-state index in [9.17, 15) is 4.79 Å². The van der Waals surface area contributed by atoms with Crippen LogP contribution in [0.5, 0.6) is 0 Å². The number of hydrogen-bond acceptors (Lipinski definition) is 3. The molecule has 3 heteroatoms. The average molecular weight is 156 g/mol. The van der Waals surface area contributed by atoms with E-state index in [1.165, 1.54) is 6.08 Å². The highest BCUT2D eigenvalue weighted by Crippen LogP contribution is 1.99. The van der Waals surface area contributed by atoms with E-state index >= 15 is 0 Å². The molecule has 0 aliphatic carbocycles. The van der Waals surface area contributed by atoms with Crippen molar-refractivity contribution in [2.45, 2.75) is 19.4 Å². The lowest BCUT2D eigenvalue weighted by molar-refractivity contribution is -0.148. The van der Waals surface area contributed by atoms with Crippen LogP contribution in [0.3, 0.4) is 0 Å². The highest BCUT2D eigenvalue weighted by atomic mass is 16.5. The summed E-state index contributed by atoms with van der Waals surface area (Å²) in [5.41, 5.74) is 0. The van der Waals surface area contributed by atoms with Crippen molar-refractivity contribution >= 4 is 5.97 Å². The summed E-state index contributed by atoms with van der Waals surface area (Å²) < 4.78 is 4.53. The molecule has 0 saturated carbocycles. The van der Waals surface area contributed by atoms with Gasteiger partial charge in [0.1, 0.15) is 0 Å². The summed E-state index contributed by atoms with van der Waals surface area (Å²) in [6.45, 7) is 8.27. The van der Waals surface area contributed by atoms with Gasteiger partial charge in [0.05, 0.1) is 5.76 Å². The number of rotatable bonds is 4. The molecule has 0 aliphatic heterocycles. The van der Waals surface area contributed by atoms with Gasteiger partial charge >= 0.3 is 5.97 Å². The Labute approximate surface area is 66.0 Å². The van der Waals surface area contributed by atoms with Gasteiger partial charge in [-0.05, 0) is 6.92 Å². The molecule has 0 rings (SSSR count). The van der Waals surface area contributed by atoms with Crippen LogP contribution in [0.25, 0.3) is 0 Å². The third-order valence-electron chi connectivity index (χ3n) is 0.937. The second kappa shape index (κ2) is 4.68. The van der Waals surface area contributed by atoms with E-state index in [1.54, 1.807) is 6.92 Å². The monoisotopic (exact) mass is 156 g/mol. The molecule has 0 amide bonds. The van der Waals surface area contributed by atoms with Crippen LogP contribution in [0.1, 0.15) is 13.3 Å². The van der Waals surface area contributed by atoms with Crippen molar-refractivity contribution < 1.29 is 14.6 Å². The van der Waals surface area contributed by atoms with E-state index in [1.807, 2.05) is 0 Å². The zero-order valence-electron chi connectivity index (χ0n) is 6.54. The first-order valence-electron chi connectivity index (χ1n) is 3.24. The van der Waals surface area contributed by atoms with Crippen molar-refractivity contribution in [1.82, 2.24) is 0 Å². The maximum atomic E-state index is 10.8. The van der Waals surface area contributed by atoms with Gasteiger partial charge in [0.25, 0.3) is 0 Å². The Balaban J connectivity index is 3.82. The van der Waals surface area contributed by atoms with Gasteiger partial charge in [-0.2, -0.15) is 0 Å². The van der Waals surface area contributed by atoms with E-state index in [0.717, 1.165) is 0 Å². The molecule has 0 radical (unpaired) electrons. The predicted octanol–water partition coefficient (Wildman–Crippen LogP) is 1.00. The third-order valence-corrected chi connectivity index (χ3v) is 0.937. The van der Waals surface area contributed by atoms with Crippen molar-refractivity contribution in [2.75, 3.05) is 0 Å². The highest BCUT2D eigenvalue weighted by Gasteiger charge is 2.14. The first kappa shape index (κ1) is 9.91. The van der Waals surface area contributed by atoms with Crippen LogP contribution in [0.15, 0.2) is 25.0 Å². The Kier molecular flexibility index (Phi) is 4.22. The summed E-state index contributed by atoms with van der Waals surface area (Å²) in [5.74, 6) is -0.407. The molecule has 0 spiro atoms. The molecule has 1 N–H and O–H groups in total. The Morgan fingerprint density at radius 3 is 2.73 bits per heavy atom. The zero-order chi connectivity index (χ0) is 8.85. The number of aliphatic hydroxyl groups excluding tert-OH is 1. The second-order valence-electron chi connectivity index (χ2n) is 2.16. The third kappa shape index (κ3) is 4.33. The molecule has 62 valence electrons. The normalized spacial score (nSPS) is 11.8. The number of carbonyl (C=O) groups is 1. The molecule has 0 aromatic heterocycles. The Hall–Kier alpha value is -1.09. The summed E-state index contributed by atoms with van der Waals surface area (Å²) >= 11 is 0. The SMILES string of the molecule is C=CCC(O)C(=O)OC(=C)C. The predicted molar refractivity (Wildman–Crippen MR) is 41.7 cm³/mol. The fourth-order valence-corrected chi connectivity index (χ4v) is 0.494. The number of carbonyl (C=O) groups excluding carboxylic acids is 1. The lowest BCUT2D eigenvalue weighted by Crippen LogP contribution is -2.21. The number of allylic oxidation sites excluding steroid dienone is 1. The molecule has 0 heterocycles. The summed E-state index contributed by atoms with van der Waals surface area (Å²) in [6, 6.07) is 0. The standard InChI is InChI=1S/C8H12O3/c1-4-5-7(9)8(10)11-6(2)3/h4,7,9H,1-2,5H2,3H3. The largest absolute Gasteiger partial charge is 0.430 e. The van der Waals surface area contributed by atoms with E-state index in [2.05, 4.69) is 17.9 Å². The van der Waals surface area contributed by atoms with Crippen molar-refractivity contribution in [3.05, 3.63) is 25.0 Å². The Morgan fingerprint density at radius 1 is 1.82 bits per heavy atom. The highest BCUT2D eigenvalue weighted by molar-refractivity contribution is 5.75. The topological polar surface area (TPSA) is 46.5 Å². The number of ether oxygens (including phenoxy) is 1. The number of aliphatic hydroxyl groups is 1. The second-order valence-corrected chi connectivity index (χ2v) is 2.16. The van der Waals surface area contributed by atoms with Crippen LogP contribution in [0.2, 0.25) is 0 Å². The van der Waals surface area contributed by atoms with Gasteiger partial charge < -0.3 is 9.84 Å². The summed E-state index contributed by atoms with van der Waals surface area (Å²) in [5, 5.41) is 8.98. The summed E-state index contributed by atoms with van der Waals surface area (Å²) in [6.07, 6.45) is 0.528. The molecule has 1 unspecified atom stereocenters. The van der Waals surface area contributed by atoms with E-state index in [4.69, 9.17) is 5.11 Å². The van der Waals surface area contributed by atoms with Gasteiger partial charge in [-0.3, -0.25) is 0 Å². The molecule has 0 saturated heterocycles. The van der Waals surface area contributed by atoms with Crippen molar-refractivity contribution in [2.24, 2.45) is 0 Å². The van der Waals surface area contributed by atoms with Gasteiger partial charge in [-0.25, -0.2) is 4.79 Å². The lowest BCUT2D eigenvalue weighted by atomic mass is 10.2. The maximum Gasteiger partial charge on any atom is 0.340 e. The molecule has 0 bridgehead atoms. The number of hydrogen-bond donors (Lipinski definition) is 1. The average Bonchev–Trinajstić information content (AvgIpc) is 1.86.